The van der Waals surface area contributed by atoms with Gasteiger partial charge in [0.2, 0.25) is 0 Å². The Kier molecular flexibility index (Phi) is 5.93. The summed E-state index contributed by atoms with van der Waals surface area (Å²) in [4.78, 5) is 31.4. The summed E-state index contributed by atoms with van der Waals surface area (Å²) in [5, 5.41) is 4.83. The molecule has 4 rings (SSSR count). The van der Waals surface area contributed by atoms with E-state index < -0.39 is 12.0 Å². The standard InChI is InChI=1S/C22H21ClN4O3S/c1-4-26-16(10-11-24-26)12-17-20(28)27-19(14-6-8-15(23)9-7-14)18(21(29)30-5-2)13(3)25-22(27)31-17/h6-12,19H,4-5H2,1-3H3/b17-12+. The van der Waals surface area contributed by atoms with Gasteiger partial charge in [0.1, 0.15) is 0 Å². The molecule has 2 aromatic heterocycles. The summed E-state index contributed by atoms with van der Waals surface area (Å²) in [6.45, 7) is 6.42. The predicted molar refractivity (Wildman–Crippen MR) is 120 cm³/mol. The van der Waals surface area contributed by atoms with Crippen molar-refractivity contribution in [2.45, 2.75) is 33.4 Å². The molecule has 1 unspecified atom stereocenters. The number of carbonyl (C=O) groups is 1. The van der Waals surface area contributed by atoms with E-state index in [1.807, 2.05) is 35.9 Å². The number of rotatable bonds is 5. The molecule has 160 valence electrons. The molecule has 0 bridgehead atoms. The molecule has 1 aromatic carbocycles. The molecule has 0 N–H and O–H groups in total. The van der Waals surface area contributed by atoms with Crippen LogP contribution in [0, 0.1) is 0 Å². The first kappa shape index (κ1) is 21.3. The number of aromatic nitrogens is 3. The zero-order chi connectivity index (χ0) is 22.1. The second-order valence-corrected chi connectivity index (χ2v) is 8.37. The maximum Gasteiger partial charge on any atom is 0.338 e. The molecule has 0 fully saturated rings. The van der Waals surface area contributed by atoms with Gasteiger partial charge in [0.05, 0.1) is 34.1 Å². The van der Waals surface area contributed by atoms with Crippen molar-refractivity contribution < 1.29 is 9.53 Å². The van der Waals surface area contributed by atoms with Crippen LogP contribution in [0.15, 0.2) is 57.6 Å². The lowest BCUT2D eigenvalue weighted by atomic mass is 9.96. The Hall–Kier alpha value is -2.97. The molecular formula is C22H21ClN4O3S. The fourth-order valence-electron chi connectivity index (χ4n) is 3.62. The van der Waals surface area contributed by atoms with Crippen LogP contribution in [0.4, 0.5) is 0 Å². The lowest BCUT2D eigenvalue weighted by Crippen LogP contribution is -2.40. The number of hydrogen-bond donors (Lipinski definition) is 0. The monoisotopic (exact) mass is 456 g/mol. The first-order valence-corrected chi connectivity index (χ1v) is 11.1. The first-order valence-electron chi connectivity index (χ1n) is 9.91. The van der Waals surface area contributed by atoms with Gasteiger partial charge in [0.25, 0.3) is 5.56 Å². The van der Waals surface area contributed by atoms with E-state index in [2.05, 4.69) is 10.1 Å². The van der Waals surface area contributed by atoms with Crippen molar-refractivity contribution in [3.8, 4) is 0 Å². The van der Waals surface area contributed by atoms with Gasteiger partial charge in [-0.1, -0.05) is 35.1 Å². The highest BCUT2D eigenvalue weighted by Crippen LogP contribution is 2.31. The quantitative estimate of drug-likeness (QED) is 0.553. The van der Waals surface area contributed by atoms with Gasteiger partial charge >= 0.3 is 5.97 Å². The number of aryl methyl sites for hydroxylation is 1. The Balaban J connectivity index is 1.96. The number of benzene rings is 1. The first-order chi connectivity index (χ1) is 14.9. The number of esters is 1. The third kappa shape index (κ3) is 3.88. The van der Waals surface area contributed by atoms with E-state index in [4.69, 9.17) is 16.3 Å². The summed E-state index contributed by atoms with van der Waals surface area (Å²) >= 11 is 7.36. The largest absolute Gasteiger partial charge is 0.463 e. The molecule has 0 saturated carbocycles. The summed E-state index contributed by atoms with van der Waals surface area (Å²) in [6, 6.07) is 8.32. The van der Waals surface area contributed by atoms with Crippen LogP contribution in [0.3, 0.4) is 0 Å². The van der Waals surface area contributed by atoms with E-state index in [-0.39, 0.29) is 12.2 Å². The van der Waals surface area contributed by atoms with Crippen LogP contribution in [0.25, 0.3) is 6.08 Å². The number of hydrogen-bond acceptors (Lipinski definition) is 6. The molecule has 1 aliphatic heterocycles. The molecule has 0 aliphatic carbocycles. The molecule has 0 radical (unpaired) electrons. The van der Waals surface area contributed by atoms with E-state index >= 15 is 0 Å². The van der Waals surface area contributed by atoms with Crippen LogP contribution < -0.4 is 14.9 Å². The van der Waals surface area contributed by atoms with Gasteiger partial charge in [-0.3, -0.25) is 14.0 Å². The third-order valence-corrected chi connectivity index (χ3v) is 6.27. The molecule has 0 saturated heterocycles. The summed E-state index contributed by atoms with van der Waals surface area (Å²) in [5.41, 5.74) is 2.25. The van der Waals surface area contributed by atoms with Gasteiger partial charge < -0.3 is 4.74 Å². The number of fused-ring (bicyclic) bond motifs is 1. The predicted octanol–water partition coefficient (Wildman–Crippen LogP) is 2.67. The molecule has 3 heterocycles. The number of ether oxygens (including phenoxy) is 1. The fraction of sp³-hybridized carbons (Fsp3) is 0.273. The van der Waals surface area contributed by atoms with Gasteiger partial charge in [-0.15, -0.1) is 0 Å². The zero-order valence-electron chi connectivity index (χ0n) is 17.3. The van der Waals surface area contributed by atoms with Crippen LogP contribution in [-0.2, 0) is 16.1 Å². The van der Waals surface area contributed by atoms with Crippen molar-refractivity contribution in [1.29, 1.82) is 0 Å². The summed E-state index contributed by atoms with van der Waals surface area (Å²) in [5.74, 6) is -0.484. The molecule has 9 heteroatoms. The van der Waals surface area contributed by atoms with Gasteiger partial charge in [-0.2, -0.15) is 5.10 Å². The fourth-order valence-corrected chi connectivity index (χ4v) is 4.77. The lowest BCUT2D eigenvalue weighted by Gasteiger charge is -2.24. The number of thiazole rings is 1. The molecule has 0 amide bonds. The maximum atomic E-state index is 13.5. The minimum Gasteiger partial charge on any atom is -0.463 e. The molecule has 3 aromatic rings. The Labute approximate surface area is 187 Å². The highest BCUT2D eigenvalue weighted by molar-refractivity contribution is 7.07. The summed E-state index contributed by atoms with van der Waals surface area (Å²) < 4.78 is 9.18. The Bertz CT molecular complexity index is 1350. The smallest absolute Gasteiger partial charge is 0.338 e. The van der Waals surface area contributed by atoms with Crippen LogP contribution in [0.2, 0.25) is 5.02 Å². The van der Waals surface area contributed by atoms with E-state index in [1.165, 1.54) is 11.3 Å². The minimum atomic E-state index is -0.647. The average molecular weight is 457 g/mol. The van der Waals surface area contributed by atoms with Crippen LogP contribution in [0.5, 0.6) is 0 Å². The van der Waals surface area contributed by atoms with Crippen molar-refractivity contribution in [2.24, 2.45) is 4.99 Å². The molecule has 7 nitrogen and oxygen atoms in total. The van der Waals surface area contributed by atoms with Crippen LogP contribution in [0.1, 0.15) is 38.1 Å². The van der Waals surface area contributed by atoms with Crippen molar-refractivity contribution in [1.82, 2.24) is 14.3 Å². The van der Waals surface area contributed by atoms with Crippen molar-refractivity contribution in [3.05, 3.63) is 83.8 Å². The average Bonchev–Trinajstić information content (AvgIpc) is 3.32. The number of allylic oxidation sites excluding steroid dienone is 1. The molecule has 31 heavy (non-hydrogen) atoms. The van der Waals surface area contributed by atoms with Crippen molar-refractivity contribution in [3.63, 3.8) is 0 Å². The van der Waals surface area contributed by atoms with Crippen LogP contribution in [-0.4, -0.2) is 26.9 Å². The second-order valence-electron chi connectivity index (χ2n) is 6.93. The molecule has 0 spiro atoms. The highest BCUT2D eigenvalue weighted by atomic mass is 35.5. The normalized spacial score (nSPS) is 16.3. The Morgan fingerprint density at radius 1 is 1.26 bits per heavy atom. The SMILES string of the molecule is CCOC(=O)C1=C(C)N=c2s/c(=C/c3ccnn3CC)c(=O)n2C1c1ccc(Cl)cc1. The number of carbonyl (C=O) groups excluding carboxylic acids is 1. The molecular weight excluding hydrogens is 436 g/mol. The molecule has 1 aliphatic rings. The highest BCUT2D eigenvalue weighted by Gasteiger charge is 2.33. The van der Waals surface area contributed by atoms with Crippen LogP contribution >= 0.6 is 22.9 Å². The van der Waals surface area contributed by atoms with E-state index in [0.717, 1.165) is 11.3 Å². The Morgan fingerprint density at radius 3 is 2.68 bits per heavy atom. The van der Waals surface area contributed by atoms with Crippen molar-refractivity contribution in [2.75, 3.05) is 6.61 Å². The zero-order valence-corrected chi connectivity index (χ0v) is 18.9. The summed E-state index contributed by atoms with van der Waals surface area (Å²) in [7, 11) is 0. The van der Waals surface area contributed by atoms with Gasteiger partial charge in [0, 0.05) is 17.8 Å². The lowest BCUT2D eigenvalue weighted by molar-refractivity contribution is -0.139. The molecule has 1 atom stereocenters. The minimum absolute atomic E-state index is 0.221. The number of halogens is 1. The van der Waals surface area contributed by atoms with Gasteiger partial charge in [-0.25, -0.2) is 9.79 Å². The summed E-state index contributed by atoms with van der Waals surface area (Å²) in [6.07, 6.45) is 3.51. The third-order valence-electron chi connectivity index (χ3n) is 5.03. The maximum absolute atomic E-state index is 13.5. The number of nitrogens with zero attached hydrogens (tertiary/aromatic N) is 4. The van der Waals surface area contributed by atoms with E-state index in [0.29, 0.717) is 32.2 Å². The van der Waals surface area contributed by atoms with Gasteiger partial charge in [0.15, 0.2) is 4.80 Å². The van der Waals surface area contributed by atoms with E-state index in [9.17, 15) is 9.59 Å². The Morgan fingerprint density at radius 2 is 2.00 bits per heavy atom. The van der Waals surface area contributed by atoms with E-state index in [1.54, 1.807) is 36.7 Å². The topological polar surface area (TPSA) is 78.5 Å². The van der Waals surface area contributed by atoms with Crippen molar-refractivity contribution >= 4 is 35.0 Å². The van der Waals surface area contributed by atoms with Gasteiger partial charge in [-0.05, 0) is 50.6 Å². The second kappa shape index (κ2) is 8.64.